The van der Waals surface area contributed by atoms with E-state index in [1.807, 2.05) is 24.3 Å². The van der Waals surface area contributed by atoms with Gasteiger partial charge >= 0.3 is 6.03 Å². The Morgan fingerprint density at radius 3 is 3.11 bits per heavy atom. The summed E-state index contributed by atoms with van der Waals surface area (Å²) in [6, 6.07) is 7.27. The summed E-state index contributed by atoms with van der Waals surface area (Å²) in [5.41, 5.74) is 0.976. The van der Waals surface area contributed by atoms with E-state index in [1.54, 1.807) is 18.7 Å². The van der Waals surface area contributed by atoms with Gasteiger partial charge in [-0.15, -0.1) is 11.3 Å². The molecule has 0 atom stereocenters. The first kappa shape index (κ1) is 12.4. The van der Waals surface area contributed by atoms with E-state index >= 15 is 0 Å². The number of benzene rings is 1. The largest absolute Gasteiger partial charge is 0.497 e. The van der Waals surface area contributed by atoms with Gasteiger partial charge < -0.3 is 10.1 Å². The van der Waals surface area contributed by atoms with E-state index in [2.05, 4.69) is 15.6 Å². The Kier molecular flexibility index (Phi) is 4.14. The molecule has 0 spiro atoms. The number of ether oxygens (including phenoxy) is 1. The fourth-order valence-electron chi connectivity index (χ4n) is 1.39. The summed E-state index contributed by atoms with van der Waals surface area (Å²) in [6.45, 7) is 0.439. The zero-order valence-electron chi connectivity index (χ0n) is 9.84. The Labute approximate surface area is 109 Å². The van der Waals surface area contributed by atoms with E-state index in [-0.39, 0.29) is 6.03 Å². The highest BCUT2D eigenvalue weighted by Crippen LogP contribution is 2.12. The molecule has 1 aromatic heterocycles. The van der Waals surface area contributed by atoms with Crippen LogP contribution < -0.4 is 15.4 Å². The second kappa shape index (κ2) is 6.02. The molecule has 2 amide bonds. The van der Waals surface area contributed by atoms with E-state index in [1.165, 1.54) is 11.3 Å². The maximum atomic E-state index is 11.6. The minimum Gasteiger partial charge on any atom is -0.497 e. The number of thiazole rings is 1. The number of hydrogen-bond acceptors (Lipinski definition) is 4. The molecule has 0 saturated heterocycles. The molecule has 0 aliphatic rings. The van der Waals surface area contributed by atoms with Crippen molar-refractivity contribution in [3.63, 3.8) is 0 Å². The monoisotopic (exact) mass is 263 g/mol. The number of aromatic nitrogens is 1. The van der Waals surface area contributed by atoms with Gasteiger partial charge in [-0.25, -0.2) is 9.78 Å². The average molecular weight is 263 g/mol. The van der Waals surface area contributed by atoms with Crippen molar-refractivity contribution in [1.82, 2.24) is 10.3 Å². The van der Waals surface area contributed by atoms with Crippen LogP contribution in [0.4, 0.5) is 9.93 Å². The fourth-order valence-corrected chi connectivity index (χ4v) is 1.92. The molecule has 18 heavy (non-hydrogen) atoms. The van der Waals surface area contributed by atoms with Crippen molar-refractivity contribution in [3.05, 3.63) is 41.4 Å². The van der Waals surface area contributed by atoms with Crippen LogP contribution in [-0.2, 0) is 6.54 Å². The van der Waals surface area contributed by atoms with Gasteiger partial charge in [0.2, 0.25) is 0 Å². The van der Waals surface area contributed by atoms with Crippen LogP contribution in [0.2, 0.25) is 0 Å². The van der Waals surface area contributed by atoms with Crippen molar-refractivity contribution in [2.75, 3.05) is 12.4 Å². The number of carbonyl (C=O) groups excluding carboxylic acids is 1. The van der Waals surface area contributed by atoms with Gasteiger partial charge in [0.25, 0.3) is 0 Å². The Morgan fingerprint density at radius 2 is 2.39 bits per heavy atom. The Morgan fingerprint density at radius 1 is 1.50 bits per heavy atom. The summed E-state index contributed by atoms with van der Waals surface area (Å²) >= 11 is 1.38. The first-order valence-corrected chi connectivity index (χ1v) is 6.23. The number of nitrogens with one attached hydrogen (secondary N) is 2. The van der Waals surface area contributed by atoms with Gasteiger partial charge in [0, 0.05) is 18.1 Å². The number of urea groups is 1. The summed E-state index contributed by atoms with van der Waals surface area (Å²) in [5, 5.41) is 7.78. The van der Waals surface area contributed by atoms with Gasteiger partial charge in [-0.3, -0.25) is 5.32 Å². The fraction of sp³-hybridized carbons (Fsp3) is 0.167. The summed E-state index contributed by atoms with van der Waals surface area (Å²) < 4.78 is 5.11. The van der Waals surface area contributed by atoms with Gasteiger partial charge in [-0.1, -0.05) is 12.1 Å². The summed E-state index contributed by atoms with van der Waals surface area (Å²) in [7, 11) is 1.61. The van der Waals surface area contributed by atoms with Crippen LogP contribution in [0.5, 0.6) is 5.75 Å². The lowest BCUT2D eigenvalue weighted by Crippen LogP contribution is -2.28. The Bertz CT molecular complexity index is 514. The normalized spacial score (nSPS) is 9.83. The van der Waals surface area contributed by atoms with E-state index in [9.17, 15) is 4.79 Å². The molecule has 0 aliphatic heterocycles. The summed E-state index contributed by atoms with van der Waals surface area (Å²) in [6.07, 6.45) is 1.64. The van der Waals surface area contributed by atoms with Gasteiger partial charge in [0.05, 0.1) is 7.11 Å². The molecule has 0 saturated carbocycles. The molecular weight excluding hydrogens is 250 g/mol. The van der Waals surface area contributed by atoms with E-state index in [0.717, 1.165) is 11.3 Å². The van der Waals surface area contributed by atoms with Crippen molar-refractivity contribution in [3.8, 4) is 5.75 Å². The van der Waals surface area contributed by atoms with E-state index < -0.39 is 0 Å². The molecule has 94 valence electrons. The van der Waals surface area contributed by atoms with Crippen molar-refractivity contribution in [1.29, 1.82) is 0 Å². The highest BCUT2D eigenvalue weighted by molar-refractivity contribution is 7.13. The van der Waals surface area contributed by atoms with Crippen LogP contribution >= 0.6 is 11.3 Å². The van der Waals surface area contributed by atoms with E-state index in [4.69, 9.17) is 4.74 Å². The third-order valence-electron chi connectivity index (χ3n) is 2.24. The van der Waals surface area contributed by atoms with Crippen molar-refractivity contribution < 1.29 is 9.53 Å². The number of amides is 2. The summed E-state index contributed by atoms with van der Waals surface area (Å²) in [5.74, 6) is 0.773. The second-order valence-corrected chi connectivity index (χ2v) is 4.39. The highest BCUT2D eigenvalue weighted by Gasteiger charge is 2.03. The number of carbonyl (C=O) groups is 1. The minimum atomic E-state index is -0.271. The third kappa shape index (κ3) is 3.46. The minimum absolute atomic E-state index is 0.271. The molecule has 2 N–H and O–H groups in total. The topological polar surface area (TPSA) is 63.2 Å². The van der Waals surface area contributed by atoms with Gasteiger partial charge in [0.15, 0.2) is 5.13 Å². The first-order valence-electron chi connectivity index (χ1n) is 5.35. The molecule has 5 nitrogen and oxygen atoms in total. The molecule has 6 heteroatoms. The van der Waals surface area contributed by atoms with Gasteiger partial charge in [0.1, 0.15) is 5.75 Å². The first-order chi connectivity index (χ1) is 8.78. The predicted molar refractivity (Wildman–Crippen MR) is 71.0 cm³/mol. The van der Waals surface area contributed by atoms with Crippen molar-refractivity contribution in [2.45, 2.75) is 6.54 Å². The molecule has 1 heterocycles. The quantitative estimate of drug-likeness (QED) is 0.890. The SMILES string of the molecule is COc1cccc(CNC(=O)Nc2nccs2)c1. The molecule has 0 aliphatic carbocycles. The van der Waals surface area contributed by atoms with E-state index in [0.29, 0.717) is 11.7 Å². The average Bonchev–Trinajstić information content (AvgIpc) is 2.89. The zero-order valence-corrected chi connectivity index (χ0v) is 10.7. The van der Waals surface area contributed by atoms with Gasteiger partial charge in [-0.05, 0) is 17.7 Å². The Balaban J connectivity index is 1.85. The number of nitrogens with zero attached hydrogens (tertiary/aromatic N) is 1. The lowest BCUT2D eigenvalue weighted by molar-refractivity contribution is 0.251. The molecule has 2 rings (SSSR count). The smallest absolute Gasteiger partial charge is 0.321 e. The van der Waals surface area contributed by atoms with Crippen molar-refractivity contribution in [2.24, 2.45) is 0 Å². The molecular formula is C12H13N3O2S. The van der Waals surface area contributed by atoms with Crippen LogP contribution in [0.1, 0.15) is 5.56 Å². The number of methoxy groups -OCH3 is 1. The number of hydrogen-bond donors (Lipinski definition) is 2. The van der Waals surface area contributed by atoms with Crippen LogP contribution in [-0.4, -0.2) is 18.1 Å². The zero-order chi connectivity index (χ0) is 12.8. The maximum absolute atomic E-state index is 11.6. The third-order valence-corrected chi connectivity index (χ3v) is 2.93. The van der Waals surface area contributed by atoms with Crippen molar-refractivity contribution >= 4 is 22.5 Å². The lowest BCUT2D eigenvalue weighted by atomic mass is 10.2. The maximum Gasteiger partial charge on any atom is 0.321 e. The summed E-state index contributed by atoms with van der Waals surface area (Å²) in [4.78, 5) is 15.5. The van der Waals surface area contributed by atoms with Crippen LogP contribution in [0.25, 0.3) is 0 Å². The Hall–Kier alpha value is -2.08. The molecule has 0 fully saturated rings. The molecule has 0 unspecified atom stereocenters. The van der Waals surface area contributed by atoms with Crippen LogP contribution in [0, 0.1) is 0 Å². The highest BCUT2D eigenvalue weighted by atomic mass is 32.1. The van der Waals surface area contributed by atoms with Gasteiger partial charge in [-0.2, -0.15) is 0 Å². The molecule has 2 aromatic rings. The van der Waals surface area contributed by atoms with Crippen LogP contribution in [0.3, 0.4) is 0 Å². The predicted octanol–water partition coefficient (Wildman–Crippen LogP) is 2.47. The second-order valence-electron chi connectivity index (χ2n) is 3.50. The molecule has 1 aromatic carbocycles. The molecule has 0 radical (unpaired) electrons. The molecule has 0 bridgehead atoms. The lowest BCUT2D eigenvalue weighted by Gasteiger charge is -2.06. The number of anilines is 1. The number of rotatable bonds is 4. The standard InChI is InChI=1S/C12H13N3O2S/c1-17-10-4-2-3-9(7-10)8-14-11(16)15-12-13-5-6-18-12/h2-7H,8H2,1H3,(H2,13,14,15,16). The van der Waals surface area contributed by atoms with Crippen LogP contribution in [0.15, 0.2) is 35.8 Å².